The van der Waals surface area contributed by atoms with Crippen molar-refractivity contribution in [2.45, 2.75) is 55.8 Å². The average Bonchev–Trinajstić information content (AvgIpc) is 3.77. The highest BCUT2D eigenvalue weighted by Crippen LogP contribution is 2.64. The van der Waals surface area contributed by atoms with Crippen molar-refractivity contribution in [2.75, 3.05) is 4.90 Å². The van der Waals surface area contributed by atoms with Gasteiger partial charge in [-0.05, 0) is 128 Å². The summed E-state index contributed by atoms with van der Waals surface area (Å²) in [6.45, 7) is 4.77. The molecule has 1 heteroatoms. The molecule has 8 aromatic carbocycles. The largest absolute Gasteiger partial charge is 0.310 e. The van der Waals surface area contributed by atoms with Gasteiger partial charge in [-0.2, -0.15) is 0 Å². The summed E-state index contributed by atoms with van der Waals surface area (Å²) in [7, 11) is 0. The van der Waals surface area contributed by atoms with E-state index in [9.17, 15) is 0 Å². The first kappa shape index (κ1) is 32.1. The van der Waals surface area contributed by atoms with E-state index in [2.05, 4.69) is 195 Å². The van der Waals surface area contributed by atoms with Crippen molar-refractivity contribution >= 4 is 27.8 Å². The summed E-state index contributed by atoms with van der Waals surface area (Å²) in [6.07, 6.45) is 4.49. The van der Waals surface area contributed by atoms with Gasteiger partial charge in [0.25, 0.3) is 0 Å². The molecule has 0 heterocycles. The highest BCUT2D eigenvalue weighted by Gasteiger charge is 2.53. The molecule has 1 saturated carbocycles. The van der Waals surface area contributed by atoms with E-state index in [-0.39, 0.29) is 16.2 Å². The third-order valence-corrected chi connectivity index (χ3v) is 14.5. The lowest BCUT2D eigenvalue weighted by atomic mass is 9.57. The van der Waals surface area contributed by atoms with E-state index >= 15 is 0 Å². The molecule has 2 spiro atoms. The van der Waals surface area contributed by atoms with Crippen LogP contribution in [-0.2, 0) is 16.2 Å². The Morgan fingerprint density at radius 1 is 0.357 bits per heavy atom. The Bertz CT molecular complexity index is 2870. The normalized spacial score (nSPS) is 16.9. The summed E-state index contributed by atoms with van der Waals surface area (Å²) < 4.78 is 0. The Balaban J connectivity index is 1.04. The smallest absolute Gasteiger partial charge is 0.0540 e. The summed E-state index contributed by atoms with van der Waals surface area (Å²) >= 11 is 0. The Kier molecular flexibility index (Phi) is 6.55. The van der Waals surface area contributed by atoms with Crippen molar-refractivity contribution < 1.29 is 0 Å². The average molecular weight is 718 g/mol. The zero-order chi connectivity index (χ0) is 37.2. The van der Waals surface area contributed by atoms with Gasteiger partial charge < -0.3 is 4.90 Å². The topological polar surface area (TPSA) is 3.24 Å². The van der Waals surface area contributed by atoms with Crippen LogP contribution in [0.5, 0.6) is 0 Å². The van der Waals surface area contributed by atoms with Gasteiger partial charge in [0.15, 0.2) is 0 Å². The summed E-state index contributed by atoms with van der Waals surface area (Å²) in [5.41, 5.74) is 20.8. The van der Waals surface area contributed by atoms with E-state index in [1.165, 1.54) is 94.6 Å². The fourth-order valence-corrected chi connectivity index (χ4v) is 11.8. The van der Waals surface area contributed by atoms with Crippen molar-refractivity contribution in [1.82, 2.24) is 0 Å². The molecule has 268 valence electrons. The van der Waals surface area contributed by atoms with Crippen LogP contribution in [0.4, 0.5) is 17.1 Å². The van der Waals surface area contributed by atoms with Gasteiger partial charge in [-0.3, -0.25) is 0 Å². The van der Waals surface area contributed by atoms with Gasteiger partial charge >= 0.3 is 0 Å². The highest BCUT2D eigenvalue weighted by atomic mass is 15.1. The second kappa shape index (κ2) is 11.4. The Hall–Kier alpha value is -6.18. The predicted octanol–water partition coefficient (Wildman–Crippen LogP) is 14.4. The predicted molar refractivity (Wildman–Crippen MR) is 234 cm³/mol. The van der Waals surface area contributed by atoms with Crippen LogP contribution in [-0.4, -0.2) is 0 Å². The molecule has 0 aliphatic heterocycles. The summed E-state index contributed by atoms with van der Waals surface area (Å²) in [6, 6.07) is 67.0. The lowest BCUT2D eigenvalue weighted by Gasteiger charge is -2.45. The minimum absolute atomic E-state index is 0.0499. The molecular formula is C55H43N. The molecule has 4 aliphatic rings. The first-order valence-electron chi connectivity index (χ1n) is 20.4. The third kappa shape index (κ3) is 4.16. The summed E-state index contributed by atoms with van der Waals surface area (Å²) in [5, 5.41) is 2.51. The Morgan fingerprint density at radius 2 is 0.768 bits per heavy atom. The third-order valence-electron chi connectivity index (χ3n) is 14.5. The molecule has 56 heavy (non-hydrogen) atoms. The molecule has 0 radical (unpaired) electrons. The molecule has 0 saturated heterocycles. The van der Waals surface area contributed by atoms with Crippen LogP contribution in [0.15, 0.2) is 176 Å². The van der Waals surface area contributed by atoms with Crippen LogP contribution in [0, 0.1) is 0 Å². The van der Waals surface area contributed by atoms with E-state index < -0.39 is 0 Å². The van der Waals surface area contributed by atoms with Crippen molar-refractivity contribution in [3.63, 3.8) is 0 Å². The van der Waals surface area contributed by atoms with Crippen molar-refractivity contribution in [2.24, 2.45) is 0 Å². The number of anilines is 3. The maximum Gasteiger partial charge on any atom is 0.0540 e. The number of hydrogen-bond acceptors (Lipinski definition) is 1. The maximum absolute atomic E-state index is 2.58. The molecule has 1 nitrogen and oxygen atoms in total. The molecule has 0 aromatic heterocycles. The molecule has 0 atom stereocenters. The molecule has 0 N–H and O–H groups in total. The van der Waals surface area contributed by atoms with Crippen LogP contribution >= 0.6 is 0 Å². The number of rotatable bonds is 3. The fourth-order valence-electron chi connectivity index (χ4n) is 11.8. The highest BCUT2D eigenvalue weighted by molar-refractivity contribution is 6.00. The van der Waals surface area contributed by atoms with Crippen LogP contribution in [0.2, 0.25) is 0 Å². The zero-order valence-corrected chi connectivity index (χ0v) is 32.0. The molecule has 4 aliphatic carbocycles. The monoisotopic (exact) mass is 717 g/mol. The van der Waals surface area contributed by atoms with Crippen LogP contribution < -0.4 is 4.90 Å². The molecule has 0 bridgehead atoms. The van der Waals surface area contributed by atoms with E-state index in [1.807, 2.05) is 0 Å². The number of benzene rings is 8. The Labute approximate surface area is 329 Å². The molecule has 0 amide bonds. The van der Waals surface area contributed by atoms with Gasteiger partial charge in [0.05, 0.1) is 5.69 Å². The summed E-state index contributed by atoms with van der Waals surface area (Å²) in [5.74, 6) is 0. The van der Waals surface area contributed by atoms with Crippen LogP contribution in [0.25, 0.3) is 44.2 Å². The van der Waals surface area contributed by atoms with E-state index in [0.29, 0.717) is 0 Å². The van der Waals surface area contributed by atoms with Gasteiger partial charge in [-0.25, -0.2) is 0 Å². The first-order valence-corrected chi connectivity index (χ1v) is 20.4. The lowest BCUT2D eigenvalue weighted by Crippen LogP contribution is -2.39. The molecule has 8 aromatic rings. The molecular weight excluding hydrogens is 675 g/mol. The second-order valence-electron chi connectivity index (χ2n) is 17.3. The molecule has 12 rings (SSSR count). The number of fused-ring (bicyclic) bond motifs is 14. The molecule has 0 unspecified atom stereocenters. The van der Waals surface area contributed by atoms with Crippen molar-refractivity contribution in [3.8, 4) is 33.4 Å². The van der Waals surface area contributed by atoms with Crippen molar-refractivity contribution in [1.29, 1.82) is 0 Å². The van der Waals surface area contributed by atoms with E-state index in [1.54, 1.807) is 0 Å². The van der Waals surface area contributed by atoms with Gasteiger partial charge in [0, 0.05) is 33.0 Å². The second-order valence-corrected chi connectivity index (χ2v) is 17.3. The number of hydrogen-bond donors (Lipinski definition) is 0. The Morgan fingerprint density at radius 3 is 1.36 bits per heavy atom. The number of nitrogens with zero attached hydrogens (tertiary/aromatic N) is 1. The summed E-state index contributed by atoms with van der Waals surface area (Å²) in [4.78, 5) is 2.55. The van der Waals surface area contributed by atoms with Gasteiger partial charge in [0.1, 0.15) is 0 Å². The van der Waals surface area contributed by atoms with Gasteiger partial charge in [-0.1, -0.05) is 159 Å². The first-order chi connectivity index (χ1) is 27.5. The van der Waals surface area contributed by atoms with Gasteiger partial charge in [0.2, 0.25) is 0 Å². The standard InChI is InChI=1S/C55H43N/c1-53(2)46-21-9-5-17-40(46)44-28-26-37(34-50(44)53)56(52-25-13-15-36-14-3-4-16-39(36)52)38-27-29-45-43-20-8-12-24-49(43)55(51(45)35-38)32-30-54(31-33-55)47-22-10-6-18-41(47)42-19-7-11-23-48(42)54/h3-29,34-35H,30-33H2,1-2H3. The SMILES string of the molecule is CC1(C)c2ccccc2-c2ccc(N(c3ccc4c(c3)C3(CCC5(CC3)c3ccccc3-c3ccccc35)c3ccccc3-4)c3cccc4ccccc34)cc21. The van der Waals surface area contributed by atoms with Crippen LogP contribution in [0.1, 0.15) is 72.9 Å². The minimum Gasteiger partial charge on any atom is -0.310 e. The fraction of sp³-hybridized carbons (Fsp3) is 0.164. The van der Waals surface area contributed by atoms with Crippen LogP contribution in [0.3, 0.4) is 0 Å². The van der Waals surface area contributed by atoms with Gasteiger partial charge in [-0.15, -0.1) is 0 Å². The minimum atomic E-state index is -0.0917. The quantitative estimate of drug-likeness (QED) is 0.176. The van der Waals surface area contributed by atoms with Crippen molar-refractivity contribution in [3.05, 3.63) is 209 Å². The lowest BCUT2D eigenvalue weighted by molar-refractivity contribution is 0.265. The molecule has 1 fully saturated rings. The van der Waals surface area contributed by atoms with E-state index in [0.717, 1.165) is 25.7 Å². The maximum atomic E-state index is 2.58. The van der Waals surface area contributed by atoms with E-state index in [4.69, 9.17) is 0 Å². The zero-order valence-electron chi connectivity index (χ0n) is 32.0.